The van der Waals surface area contributed by atoms with Crippen molar-refractivity contribution in [2.24, 2.45) is 0 Å². The van der Waals surface area contributed by atoms with E-state index in [4.69, 9.17) is 0 Å². The monoisotopic (exact) mass is 244 g/mol. The minimum absolute atomic E-state index is 0.0813. The number of rotatable bonds is 1. The highest BCUT2D eigenvalue weighted by Crippen LogP contribution is 2.38. The number of halogens is 1. The normalized spacial score (nSPS) is 12.5. The third-order valence-electron chi connectivity index (χ3n) is 2.99. The molecule has 0 amide bonds. The number of thioether (sulfide) groups is 1. The number of benzene rings is 2. The Morgan fingerprint density at radius 2 is 1.71 bits per heavy atom. The van der Waals surface area contributed by atoms with Crippen molar-refractivity contribution in [2.45, 2.75) is 4.90 Å². The van der Waals surface area contributed by atoms with Crippen LogP contribution in [0.5, 0.6) is 0 Å². The van der Waals surface area contributed by atoms with Gasteiger partial charge in [0.15, 0.2) is 5.78 Å². The van der Waals surface area contributed by atoms with E-state index in [1.807, 2.05) is 24.5 Å². The summed E-state index contributed by atoms with van der Waals surface area (Å²) >= 11 is 1.63. The zero-order valence-electron chi connectivity index (χ0n) is 9.16. The number of hydrogen-bond donors (Lipinski definition) is 0. The molecule has 0 bridgehead atoms. The Kier molecular flexibility index (Phi) is 2.30. The highest BCUT2D eigenvalue weighted by atomic mass is 32.2. The van der Waals surface area contributed by atoms with E-state index in [0.29, 0.717) is 11.1 Å². The van der Waals surface area contributed by atoms with E-state index in [1.54, 1.807) is 17.8 Å². The van der Waals surface area contributed by atoms with E-state index < -0.39 is 0 Å². The van der Waals surface area contributed by atoms with Crippen molar-refractivity contribution in [2.75, 3.05) is 6.26 Å². The molecule has 0 spiro atoms. The lowest BCUT2D eigenvalue weighted by atomic mass is 10.1. The average molecular weight is 244 g/mol. The molecule has 3 heteroatoms. The van der Waals surface area contributed by atoms with Crippen molar-refractivity contribution < 1.29 is 9.18 Å². The van der Waals surface area contributed by atoms with Crippen molar-refractivity contribution >= 4 is 17.5 Å². The molecule has 0 aliphatic heterocycles. The van der Waals surface area contributed by atoms with Crippen LogP contribution >= 0.6 is 11.8 Å². The van der Waals surface area contributed by atoms with Crippen LogP contribution in [0.3, 0.4) is 0 Å². The maximum atomic E-state index is 13.1. The van der Waals surface area contributed by atoms with E-state index in [-0.39, 0.29) is 11.6 Å². The second-order valence-electron chi connectivity index (χ2n) is 3.93. The SMILES string of the molecule is CSc1ccc2c(c1)-c1ccc(F)cc1C2=O. The summed E-state index contributed by atoms with van der Waals surface area (Å²) in [5, 5.41) is 0. The molecule has 0 saturated heterocycles. The first kappa shape index (κ1) is 10.5. The van der Waals surface area contributed by atoms with Gasteiger partial charge in [0.05, 0.1) is 0 Å². The first-order valence-corrected chi connectivity index (χ1v) is 6.46. The van der Waals surface area contributed by atoms with Crippen molar-refractivity contribution in [3.8, 4) is 11.1 Å². The van der Waals surface area contributed by atoms with Gasteiger partial charge in [-0.3, -0.25) is 4.79 Å². The van der Waals surface area contributed by atoms with Crippen LogP contribution in [0.4, 0.5) is 4.39 Å². The molecule has 1 aliphatic carbocycles. The first-order chi connectivity index (χ1) is 8.20. The number of carbonyl (C=O) groups is 1. The molecule has 0 N–H and O–H groups in total. The Balaban J connectivity index is 2.29. The summed E-state index contributed by atoms with van der Waals surface area (Å²) in [5.74, 6) is -0.447. The standard InChI is InChI=1S/C14H9FOS/c1-17-9-3-5-11-12(7-9)10-4-2-8(15)6-13(10)14(11)16/h2-7H,1H3. The van der Waals surface area contributed by atoms with Gasteiger partial charge in [0, 0.05) is 16.0 Å². The molecule has 1 aliphatic rings. The summed E-state index contributed by atoms with van der Waals surface area (Å²) in [6.45, 7) is 0. The molecule has 0 radical (unpaired) electrons. The molecule has 2 aromatic rings. The van der Waals surface area contributed by atoms with E-state index in [9.17, 15) is 9.18 Å². The fourth-order valence-corrected chi connectivity index (χ4v) is 2.60. The van der Waals surface area contributed by atoms with Crippen LogP contribution in [0.15, 0.2) is 41.3 Å². The molecule has 17 heavy (non-hydrogen) atoms. The van der Waals surface area contributed by atoms with Gasteiger partial charge in [0.25, 0.3) is 0 Å². The lowest BCUT2D eigenvalue weighted by Crippen LogP contribution is -1.95. The van der Waals surface area contributed by atoms with Gasteiger partial charge in [-0.1, -0.05) is 6.07 Å². The number of hydrogen-bond acceptors (Lipinski definition) is 2. The summed E-state index contributed by atoms with van der Waals surface area (Å²) in [6.07, 6.45) is 1.99. The first-order valence-electron chi connectivity index (χ1n) is 5.23. The molecular formula is C14H9FOS. The van der Waals surface area contributed by atoms with Crippen LogP contribution in [-0.4, -0.2) is 12.0 Å². The zero-order chi connectivity index (χ0) is 12.0. The highest BCUT2D eigenvalue weighted by Gasteiger charge is 2.26. The molecule has 0 atom stereocenters. The molecule has 84 valence electrons. The third kappa shape index (κ3) is 1.50. The van der Waals surface area contributed by atoms with E-state index in [1.165, 1.54) is 12.1 Å². The van der Waals surface area contributed by atoms with Gasteiger partial charge in [-0.15, -0.1) is 11.8 Å². The number of ketones is 1. The highest BCUT2D eigenvalue weighted by molar-refractivity contribution is 7.98. The topological polar surface area (TPSA) is 17.1 Å². The fourth-order valence-electron chi connectivity index (χ4n) is 2.16. The van der Waals surface area contributed by atoms with Crippen LogP contribution in [0.2, 0.25) is 0 Å². The lowest BCUT2D eigenvalue weighted by Gasteiger charge is -2.02. The molecule has 1 nitrogen and oxygen atoms in total. The predicted molar refractivity (Wildman–Crippen MR) is 67.0 cm³/mol. The van der Waals surface area contributed by atoms with Crippen LogP contribution in [0.25, 0.3) is 11.1 Å². The second-order valence-corrected chi connectivity index (χ2v) is 4.81. The Hall–Kier alpha value is -1.61. The van der Waals surface area contributed by atoms with E-state index in [0.717, 1.165) is 16.0 Å². The van der Waals surface area contributed by atoms with Gasteiger partial charge in [-0.25, -0.2) is 4.39 Å². The second kappa shape index (κ2) is 3.70. The molecule has 0 heterocycles. The number of fused-ring (bicyclic) bond motifs is 3. The lowest BCUT2D eigenvalue weighted by molar-refractivity contribution is 0.104. The smallest absolute Gasteiger partial charge is 0.194 e. The van der Waals surface area contributed by atoms with Gasteiger partial charge in [0.1, 0.15) is 5.82 Å². The minimum atomic E-state index is -0.366. The quantitative estimate of drug-likeness (QED) is 0.606. The van der Waals surface area contributed by atoms with E-state index in [2.05, 4.69) is 0 Å². The fraction of sp³-hybridized carbons (Fsp3) is 0.0714. The molecule has 0 unspecified atom stereocenters. The maximum Gasteiger partial charge on any atom is 0.194 e. The molecule has 0 aromatic heterocycles. The summed E-state index contributed by atoms with van der Waals surface area (Å²) in [7, 11) is 0. The van der Waals surface area contributed by atoms with Crippen LogP contribution < -0.4 is 0 Å². The molecule has 0 saturated carbocycles. The van der Waals surface area contributed by atoms with Crippen molar-refractivity contribution in [1.29, 1.82) is 0 Å². The average Bonchev–Trinajstić information content (AvgIpc) is 2.62. The van der Waals surface area contributed by atoms with Gasteiger partial charge < -0.3 is 0 Å². The third-order valence-corrected chi connectivity index (χ3v) is 3.71. The summed E-state index contributed by atoms with van der Waals surface area (Å²) in [5.41, 5.74) is 2.89. The van der Waals surface area contributed by atoms with Crippen molar-refractivity contribution in [1.82, 2.24) is 0 Å². The van der Waals surface area contributed by atoms with Crippen molar-refractivity contribution in [3.05, 3.63) is 53.3 Å². The van der Waals surface area contributed by atoms with Gasteiger partial charge in [-0.05, 0) is 47.7 Å². The Labute approximate surface area is 103 Å². The summed E-state index contributed by atoms with van der Waals surface area (Å²) in [4.78, 5) is 13.2. The van der Waals surface area contributed by atoms with Crippen molar-refractivity contribution in [3.63, 3.8) is 0 Å². The van der Waals surface area contributed by atoms with Gasteiger partial charge in [-0.2, -0.15) is 0 Å². The molecule has 3 rings (SSSR count). The predicted octanol–water partition coefficient (Wildman–Crippen LogP) is 3.76. The van der Waals surface area contributed by atoms with Gasteiger partial charge >= 0.3 is 0 Å². The molecule has 2 aromatic carbocycles. The zero-order valence-corrected chi connectivity index (χ0v) is 9.98. The summed E-state index contributed by atoms with van der Waals surface area (Å²) < 4.78 is 13.1. The van der Waals surface area contributed by atoms with Crippen LogP contribution in [-0.2, 0) is 0 Å². The Morgan fingerprint density at radius 1 is 0.941 bits per heavy atom. The Morgan fingerprint density at radius 3 is 2.47 bits per heavy atom. The largest absolute Gasteiger partial charge is 0.289 e. The molecule has 0 fully saturated rings. The Bertz CT molecular complexity index is 634. The molecular weight excluding hydrogens is 235 g/mol. The van der Waals surface area contributed by atoms with Crippen LogP contribution in [0.1, 0.15) is 15.9 Å². The van der Waals surface area contributed by atoms with Crippen LogP contribution in [0, 0.1) is 5.82 Å². The van der Waals surface area contributed by atoms with Gasteiger partial charge in [0.2, 0.25) is 0 Å². The summed E-state index contributed by atoms with van der Waals surface area (Å²) in [6, 6.07) is 10.1. The van der Waals surface area contributed by atoms with E-state index >= 15 is 0 Å². The maximum absolute atomic E-state index is 13.1. The minimum Gasteiger partial charge on any atom is -0.289 e. The number of carbonyl (C=O) groups excluding carboxylic acids is 1.